The smallest absolute Gasteiger partial charge is 0.119 e. The molecule has 0 radical (unpaired) electrons. The quantitative estimate of drug-likeness (QED) is 0.708. The Bertz CT molecular complexity index is 325. The Morgan fingerprint density at radius 3 is 2.11 bits per heavy atom. The summed E-state index contributed by atoms with van der Waals surface area (Å²) in [4.78, 5) is 0. The predicted octanol–water partition coefficient (Wildman–Crippen LogP) is 5.06. The van der Waals surface area contributed by atoms with Crippen LogP contribution in [0, 0.1) is 11.8 Å². The second kappa shape index (κ2) is 6.82. The maximum Gasteiger partial charge on any atom is 0.119 e. The van der Waals surface area contributed by atoms with E-state index in [-0.39, 0.29) is 0 Å². The molecule has 0 heterocycles. The molecule has 3 saturated carbocycles. The Morgan fingerprint density at radius 1 is 1.00 bits per heavy atom. The van der Waals surface area contributed by atoms with Gasteiger partial charge in [0.15, 0.2) is 0 Å². The molecule has 0 N–H and O–H groups in total. The lowest BCUT2D eigenvalue weighted by Crippen LogP contribution is -2.38. The molecule has 1 aromatic carbocycles. The molecule has 2 bridgehead atoms. The van der Waals surface area contributed by atoms with Crippen molar-refractivity contribution in [3.63, 3.8) is 0 Å². The lowest BCUT2D eigenvalue weighted by atomic mass is 9.69. The predicted molar refractivity (Wildman–Crippen MR) is 76.9 cm³/mol. The van der Waals surface area contributed by atoms with Gasteiger partial charge in [0, 0.05) is 0 Å². The van der Waals surface area contributed by atoms with Gasteiger partial charge in [0.1, 0.15) is 11.9 Å². The van der Waals surface area contributed by atoms with Crippen LogP contribution in [-0.2, 0) is 0 Å². The third-order valence-electron chi connectivity index (χ3n) is 4.01. The van der Waals surface area contributed by atoms with Crippen molar-refractivity contribution in [2.75, 3.05) is 0 Å². The van der Waals surface area contributed by atoms with Gasteiger partial charge in [-0.15, -0.1) is 0 Å². The van der Waals surface area contributed by atoms with Crippen LogP contribution in [0.25, 0.3) is 0 Å². The Balaban J connectivity index is 0.000000367. The highest BCUT2D eigenvalue weighted by atomic mass is 16.5. The molecule has 0 aliphatic heterocycles. The number of rotatable bonds is 2. The van der Waals surface area contributed by atoms with Crippen molar-refractivity contribution < 1.29 is 4.74 Å². The molecular weight excluding hydrogens is 220 g/mol. The third-order valence-corrected chi connectivity index (χ3v) is 4.01. The monoisotopic (exact) mass is 246 g/mol. The molecule has 0 saturated heterocycles. The van der Waals surface area contributed by atoms with Gasteiger partial charge in [0.05, 0.1) is 0 Å². The van der Waals surface area contributed by atoms with Gasteiger partial charge < -0.3 is 4.74 Å². The number of ether oxygens (including phenoxy) is 1. The first-order chi connectivity index (χ1) is 8.83. The molecule has 0 aromatic heterocycles. The molecule has 1 atom stereocenters. The van der Waals surface area contributed by atoms with Crippen LogP contribution in [0.1, 0.15) is 52.4 Å². The fourth-order valence-electron chi connectivity index (χ4n) is 3.13. The summed E-state index contributed by atoms with van der Waals surface area (Å²) in [6.45, 7) is 4.25. The van der Waals surface area contributed by atoms with Gasteiger partial charge in [-0.2, -0.15) is 0 Å². The largest absolute Gasteiger partial charge is 0.490 e. The summed E-state index contributed by atoms with van der Waals surface area (Å²) in [7, 11) is 0. The van der Waals surface area contributed by atoms with Crippen molar-refractivity contribution in [2.24, 2.45) is 11.8 Å². The zero-order valence-corrected chi connectivity index (χ0v) is 11.8. The molecular formula is C17H26O. The molecule has 100 valence electrons. The van der Waals surface area contributed by atoms with Crippen molar-refractivity contribution in [1.29, 1.82) is 0 Å². The van der Waals surface area contributed by atoms with Gasteiger partial charge in [-0.1, -0.05) is 38.5 Å². The maximum atomic E-state index is 6.09. The summed E-state index contributed by atoms with van der Waals surface area (Å²) < 4.78 is 6.09. The van der Waals surface area contributed by atoms with Crippen LogP contribution >= 0.6 is 0 Å². The highest BCUT2D eigenvalue weighted by molar-refractivity contribution is 5.21. The van der Waals surface area contributed by atoms with E-state index in [0.717, 1.165) is 17.6 Å². The summed E-state index contributed by atoms with van der Waals surface area (Å²) >= 11 is 0. The molecule has 1 heteroatoms. The van der Waals surface area contributed by atoms with Crippen LogP contribution in [0.2, 0.25) is 0 Å². The van der Waals surface area contributed by atoms with Gasteiger partial charge in [-0.25, -0.2) is 0 Å². The van der Waals surface area contributed by atoms with Crippen LogP contribution in [0.4, 0.5) is 0 Å². The van der Waals surface area contributed by atoms with E-state index in [1.807, 2.05) is 6.07 Å². The Morgan fingerprint density at radius 2 is 1.61 bits per heavy atom. The number of benzene rings is 1. The summed E-state index contributed by atoms with van der Waals surface area (Å²) in [6, 6.07) is 10.3. The Labute approximate surface area is 112 Å². The highest BCUT2D eigenvalue weighted by Crippen LogP contribution is 2.42. The summed E-state index contributed by atoms with van der Waals surface area (Å²) in [5, 5.41) is 0. The SMILES string of the molecule is CCC.c1ccc(O[C@H]2CC3CCC2CC3)cc1. The molecule has 3 aliphatic rings. The molecule has 3 fully saturated rings. The van der Waals surface area contributed by atoms with Crippen LogP contribution in [0.15, 0.2) is 30.3 Å². The second-order valence-electron chi connectivity index (χ2n) is 5.69. The molecule has 1 nitrogen and oxygen atoms in total. The van der Waals surface area contributed by atoms with E-state index in [1.54, 1.807) is 0 Å². The van der Waals surface area contributed by atoms with Crippen LogP contribution < -0.4 is 4.74 Å². The van der Waals surface area contributed by atoms with E-state index in [2.05, 4.69) is 38.1 Å². The van der Waals surface area contributed by atoms with E-state index in [0.29, 0.717) is 6.10 Å². The van der Waals surface area contributed by atoms with Gasteiger partial charge in [-0.05, 0) is 56.1 Å². The fraction of sp³-hybridized carbons (Fsp3) is 0.647. The van der Waals surface area contributed by atoms with Crippen molar-refractivity contribution >= 4 is 0 Å². The van der Waals surface area contributed by atoms with Gasteiger partial charge in [0.25, 0.3) is 0 Å². The first-order valence-corrected chi connectivity index (χ1v) is 7.55. The van der Waals surface area contributed by atoms with Gasteiger partial charge in [-0.3, -0.25) is 0 Å². The summed E-state index contributed by atoms with van der Waals surface area (Å²) in [5.74, 6) is 2.83. The fourth-order valence-corrected chi connectivity index (χ4v) is 3.13. The highest BCUT2D eigenvalue weighted by Gasteiger charge is 2.36. The number of para-hydroxylation sites is 1. The summed E-state index contributed by atoms with van der Waals surface area (Å²) in [6.07, 6.45) is 8.71. The van der Waals surface area contributed by atoms with E-state index < -0.39 is 0 Å². The molecule has 3 aliphatic carbocycles. The average Bonchev–Trinajstić information content (AvgIpc) is 2.42. The first-order valence-electron chi connectivity index (χ1n) is 7.55. The number of hydrogen-bond acceptors (Lipinski definition) is 1. The van der Waals surface area contributed by atoms with E-state index in [9.17, 15) is 0 Å². The second-order valence-corrected chi connectivity index (χ2v) is 5.69. The Kier molecular flexibility index (Phi) is 5.10. The van der Waals surface area contributed by atoms with Crippen molar-refractivity contribution in [2.45, 2.75) is 58.5 Å². The van der Waals surface area contributed by atoms with Crippen LogP contribution in [0.3, 0.4) is 0 Å². The zero-order chi connectivity index (χ0) is 12.8. The lowest BCUT2D eigenvalue weighted by Gasteiger charge is -2.42. The topological polar surface area (TPSA) is 9.23 Å². The van der Waals surface area contributed by atoms with E-state index >= 15 is 0 Å². The van der Waals surface area contributed by atoms with Crippen molar-refractivity contribution in [3.05, 3.63) is 30.3 Å². The molecule has 1 aromatic rings. The minimum Gasteiger partial charge on any atom is -0.490 e. The Hall–Kier alpha value is -0.980. The third kappa shape index (κ3) is 3.51. The first kappa shape index (κ1) is 13.5. The standard InChI is InChI=1S/C14H18O.C3H8/c1-2-4-13(5-3-1)15-14-10-11-6-8-12(14)9-7-11;1-3-2/h1-5,11-12,14H,6-10H2;3H2,1-2H3/t11?,12?,14-;/m0./s1. The van der Waals surface area contributed by atoms with E-state index in [4.69, 9.17) is 4.74 Å². The van der Waals surface area contributed by atoms with Gasteiger partial charge in [0.2, 0.25) is 0 Å². The van der Waals surface area contributed by atoms with Crippen LogP contribution in [-0.4, -0.2) is 6.10 Å². The normalized spacial score (nSPS) is 29.3. The zero-order valence-electron chi connectivity index (χ0n) is 11.8. The molecule has 0 unspecified atom stereocenters. The van der Waals surface area contributed by atoms with Crippen molar-refractivity contribution in [1.82, 2.24) is 0 Å². The van der Waals surface area contributed by atoms with E-state index in [1.165, 1.54) is 38.5 Å². The van der Waals surface area contributed by atoms with Crippen molar-refractivity contribution in [3.8, 4) is 5.75 Å². The minimum atomic E-state index is 0.500. The molecule has 0 spiro atoms. The van der Waals surface area contributed by atoms with Crippen LogP contribution in [0.5, 0.6) is 5.75 Å². The molecule has 4 rings (SSSR count). The molecule has 18 heavy (non-hydrogen) atoms. The maximum absolute atomic E-state index is 6.09. The number of fused-ring (bicyclic) bond motifs is 3. The lowest BCUT2D eigenvalue weighted by molar-refractivity contribution is 0.0201. The minimum absolute atomic E-state index is 0.500. The summed E-state index contributed by atoms with van der Waals surface area (Å²) in [5.41, 5.74) is 0. The van der Waals surface area contributed by atoms with Gasteiger partial charge >= 0.3 is 0 Å². The number of hydrogen-bond donors (Lipinski definition) is 0. The average molecular weight is 246 g/mol. The molecule has 0 amide bonds.